The molecule has 6 nitrogen and oxygen atoms in total. The van der Waals surface area contributed by atoms with Crippen LogP contribution < -0.4 is 0 Å². The zero-order valence-electron chi connectivity index (χ0n) is 12.0. The molecule has 0 aliphatic rings. The highest BCUT2D eigenvalue weighted by Crippen LogP contribution is 2.04. The topological polar surface area (TPSA) is 73.7 Å². The number of hydrogen-bond acceptors (Lipinski definition) is 4. The minimum atomic E-state index is -0.985. The smallest absolute Gasteiger partial charge is 0.323 e. The Morgan fingerprint density at radius 1 is 1.20 bits per heavy atom. The summed E-state index contributed by atoms with van der Waals surface area (Å²) in [6.45, 7) is 0.825. The number of carboxylic acids is 1. The van der Waals surface area contributed by atoms with Crippen molar-refractivity contribution < 1.29 is 14.7 Å². The Labute approximate surface area is 119 Å². The fourth-order valence-corrected chi connectivity index (χ4v) is 1.73. The second-order valence-corrected chi connectivity index (χ2v) is 4.87. The van der Waals surface area contributed by atoms with Crippen molar-refractivity contribution in [3.63, 3.8) is 0 Å². The van der Waals surface area contributed by atoms with Crippen molar-refractivity contribution >= 4 is 11.9 Å². The van der Waals surface area contributed by atoms with E-state index in [-0.39, 0.29) is 12.5 Å². The predicted molar refractivity (Wildman–Crippen MR) is 75.3 cm³/mol. The highest BCUT2D eigenvalue weighted by atomic mass is 16.4. The Morgan fingerprint density at radius 2 is 1.85 bits per heavy atom. The summed E-state index contributed by atoms with van der Waals surface area (Å²) in [5.41, 5.74) is 1.02. The van der Waals surface area contributed by atoms with Gasteiger partial charge < -0.3 is 14.9 Å². The van der Waals surface area contributed by atoms with Crippen LogP contribution in [0, 0.1) is 0 Å². The number of aryl methyl sites for hydroxylation is 1. The van der Waals surface area contributed by atoms with Crippen molar-refractivity contribution in [2.45, 2.75) is 12.8 Å². The van der Waals surface area contributed by atoms with Gasteiger partial charge in [-0.1, -0.05) is 0 Å². The first-order valence-corrected chi connectivity index (χ1v) is 6.52. The summed E-state index contributed by atoms with van der Waals surface area (Å²) in [6.07, 6.45) is 4.27. The number of pyridine rings is 1. The maximum absolute atomic E-state index is 12.1. The van der Waals surface area contributed by atoms with Gasteiger partial charge in [-0.3, -0.25) is 14.6 Å². The van der Waals surface area contributed by atoms with Gasteiger partial charge in [-0.25, -0.2) is 0 Å². The van der Waals surface area contributed by atoms with Gasteiger partial charge in [-0.2, -0.15) is 0 Å². The van der Waals surface area contributed by atoms with Gasteiger partial charge in [-0.15, -0.1) is 0 Å². The lowest BCUT2D eigenvalue weighted by Crippen LogP contribution is -2.40. The number of carbonyl (C=O) groups is 2. The number of hydrogen-bond donors (Lipinski definition) is 1. The number of rotatable bonds is 8. The van der Waals surface area contributed by atoms with Crippen molar-refractivity contribution in [2.75, 3.05) is 33.7 Å². The third kappa shape index (κ3) is 6.29. The summed E-state index contributed by atoms with van der Waals surface area (Å²) in [6, 6.07) is 3.71. The molecule has 1 heterocycles. The molecule has 1 rings (SSSR count). The number of carboxylic acid groups (broad SMARTS) is 1. The molecule has 1 aromatic rings. The van der Waals surface area contributed by atoms with E-state index < -0.39 is 5.97 Å². The Kier molecular flexibility index (Phi) is 6.66. The van der Waals surface area contributed by atoms with Crippen LogP contribution in [0.2, 0.25) is 0 Å². The molecule has 0 spiro atoms. The Morgan fingerprint density at radius 3 is 2.40 bits per heavy atom. The predicted octanol–water partition coefficient (Wildman–Crippen LogP) is 0.489. The number of amides is 1. The van der Waals surface area contributed by atoms with E-state index >= 15 is 0 Å². The lowest BCUT2D eigenvalue weighted by atomic mass is 10.1. The second kappa shape index (κ2) is 8.27. The van der Waals surface area contributed by atoms with Gasteiger partial charge in [0.25, 0.3) is 0 Å². The quantitative estimate of drug-likeness (QED) is 0.749. The van der Waals surface area contributed by atoms with E-state index in [2.05, 4.69) is 4.98 Å². The van der Waals surface area contributed by atoms with Crippen LogP contribution in [0.5, 0.6) is 0 Å². The highest BCUT2D eigenvalue weighted by Gasteiger charge is 2.16. The van der Waals surface area contributed by atoms with E-state index in [1.165, 1.54) is 4.90 Å². The number of likely N-dealkylation sites (N-methyl/N-ethyl adjacent to an activating group) is 1. The summed E-state index contributed by atoms with van der Waals surface area (Å²) >= 11 is 0. The first kappa shape index (κ1) is 16.1. The molecular weight excluding hydrogens is 258 g/mol. The molecule has 20 heavy (non-hydrogen) atoms. The first-order valence-electron chi connectivity index (χ1n) is 6.52. The van der Waals surface area contributed by atoms with Crippen LogP contribution in [0.25, 0.3) is 0 Å². The molecule has 0 aliphatic heterocycles. The van der Waals surface area contributed by atoms with Gasteiger partial charge in [0, 0.05) is 31.9 Å². The average molecular weight is 279 g/mol. The summed E-state index contributed by atoms with van der Waals surface area (Å²) in [4.78, 5) is 30.1. The monoisotopic (exact) mass is 279 g/mol. The van der Waals surface area contributed by atoms with Crippen molar-refractivity contribution in [3.8, 4) is 0 Å². The van der Waals surface area contributed by atoms with Gasteiger partial charge in [0.2, 0.25) is 5.91 Å². The minimum absolute atomic E-state index is 0.133. The third-order valence-corrected chi connectivity index (χ3v) is 2.87. The van der Waals surface area contributed by atoms with Gasteiger partial charge in [0.05, 0.1) is 0 Å². The number of aromatic nitrogens is 1. The van der Waals surface area contributed by atoms with Crippen molar-refractivity contribution in [2.24, 2.45) is 0 Å². The van der Waals surface area contributed by atoms with Gasteiger partial charge in [0.1, 0.15) is 6.54 Å². The molecule has 110 valence electrons. The maximum atomic E-state index is 12.1. The van der Waals surface area contributed by atoms with Crippen LogP contribution in [-0.2, 0) is 16.0 Å². The van der Waals surface area contributed by atoms with Crippen molar-refractivity contribution in [1.29, 1.82) is 0 Å². The molecule has 0 bridgehead atoms. The van der Waals surface area contributed by atoms with E-state index in [0.29, 0.717) is 25.9 Å². The molecule has 0 saturated heterocycles. The zero-order chi connectivity index (χ0) is 15.0. The molecule has 0 radical (unpaired) electrons. The van der Waals surface area contributed by atoms with Crippen LogP contribution in [-0.4, -0.2) is 65.5 Å². The minimum Gasteiger partial charge on any atom is -0.480 e. The summed E-state index contributed by atoms with van der Waals surface area (Å²) in [5.74, 6) is -1.12. The first-order chi connectivity index (χ1) is 9.49. The van der Waals surface area contributed by atoms with E-state index in [9.17, 15) is 9.59 Å². The van der Waals surface area contributed by atoms with Crippen molar-refractivity contribution in [1.82, 2.24) is 14.8 Å². The number of nitrogens with zero attached hydrogens (tertiary/aromatic N) is 3. The van der Waals surface area contributed by atoms with E-state index in [1.54, 1.807) is 12.4 Å². The average Bonchev–Trinajstić information content (AvgIpc) is 2.41. The molecule has 0 aliphatic carbocycles. The van der Waals surface area contributed by atoms with Gasteiger partial charge in [0.15, 0.2) is 0 Å². The molecule has 1 amide bonds. The third-order valence-electron chi connectivity index (χ3n) is 2.87. The zero-order valence-corrected chi connectivity index (χ0v) is 12.0. The molecule has 0 unspecified atom stereocenters. The lowest BCUT2D eigenvalue weighted by Gasteiger charge is -2.22. The molecule has 6 heteroatoms. The molecular formula is C14H21N3O3. The molecule has 1 aromatic heterocycles. The largest absolute Gasteiger partial charge is 0.480 e. The SMILES string of the molecule is CN(C)CCN(CC(=O)O)C(=O)CCc1ccncc1. The fraction of sp³-hybridized carbons (Fsp3) is 0.500. The second-order valence-electron chi connectivity index (χ2n) is 4.87. The van der Waals surface area contributed by atoms with Crippen LogP contribution in [0.4, 0.5) is 0 Å². The van der Waals surface area contributed by atoms with E-state index in [0.717, 1.165) is 5.56 Å². The standard InChI is InChI=1S/C14H21N3O3/c1-16(2)9-10-17(11-14(19)20)13(18)4-3-12-5-7-15-8-6-12/h5-8H,3-4,9-11H2,1-2H3,(H,19,20). The molecule has 0 saturated carbocycles. The van der Waals surface area contributed by atoms with Crippen LogP contribution in [0.1, 0.15) is 12.0 Å². The van der Waals surface area contributed by atoms with E-state index in [1.807, 2.05) is 31.1 Å². The molecule has 0 fully saturated rings. The number of carbonyl (C=O) groups excluding carboxylic acids is 1. The molecule has 0 atom stereocenters. The Hall–Kier alpha value is -1.95. The Bertz CT molecular complexity index is 435. The van der Waals surface area contributed by atoms with Gasteiger partial charge >= 0.3 is 5.97 Å². The molecule has 0 aromatic carbocycles. The van der Waals surface area contributed by atoms with Crippen molar-refractivity contribution in [3.05, 3.63) is 30.1 Å². The highest BCUT2D eigenvalue weighted by molar-refractivity contribution is 5.81. The summed E-state index contributed by atoms with van der Waals surface area (Å²) in [5, 5.41) is 8.87. The summed E-state index contributed by atoms with van der Waals surface area (Å²) in [7, 11) is 3.78. The number of aliphatic carboxylic acids is 1. The normalized spacial score (nSPS) is 10.6. The van der Waals surface area contributed by atoms with Crippen LogP contribution >= 0.6 is 0 Å². The summed E-state index contributed by atoms with van der Waals surface area (Å²) < 4.78 is 0. The Balaban J connectivity index is 2.51. The lowest BCUT2D eigenvalue weighted by molar-refractivity contribution is -0.144. The van der Waals surface area contributed by atoms with Gasteiger partial charge in [-0.05, 0) is 38.2 Å². The van der Waals surface area contributed by atoms with Crippen LogP contribution in [0.3, 0.4) is 0 Å². The van der Waals surface area contributed by atoms with Crippen LogP contribution in [0.15, 0.2) is 24.5 Å². The molecule has 1 N–H and O–H groups in total. The maximum Gasteiger partial charge on any atom is 0.323 e. The fourth-order valence-electron chi connectivity index (χ4n) is 1.73. The van der Waals surface area contributed by atoms with E-state index in [4.69, 9.17) is 5.11 Å².